The Morgan fingerprint density at radius 1 is 1.28 bits per heavy atom. The Hall–Kier alpha value is -2.04. The van der Waals surface area contributed by atoms with E-state index in [2.05, 4.69) is 52.5 Å². The number of nitrogens with one attached hydrogen (secondary N) is 1. The van der Waals surface area contributed by atoms with Crippen molar-refractivity contribution in [2.45, 2.75) is 77.2 Å². The summed E-state index contributed by atoms with van der Waals surface area (Å²) >= 11 is 1.24. The summed E-state index contributed by atoms with van der Waals surface area (Å²) in [6.07, 6.45) is 5.72. The predicted octanol–water partition coefficient (Wildman–Crippen LogP) is 3.28. The molecule has 4 fully saturated rings. The van der Waals surface area contributed by atoms with Crippen molar-refractivity contribution in [2.24, 2.45) is 34.0 Å². The largest absolute Gasteiger partial charge is 0.461 e. The number of carbonyl (C=O) groups is 2. The minimum atomic E-state index is -0.675. The Morgan fingerprint density at radius 3 is 2.74 bits per heavy atom. The van der Waals surface area contributed by atoms with Crippen LogP contribution in [0.15, 0.2) is 24.1 Å². The minimum Gasteiger partial charge on any atom is -0.461 e. The van der Waals surface area contributed by atoms with E-state index in [1.807, 2.05) is 13.0 Å². The molecule has 5 rings (SSSR count). The van der Waals surface area contributed by atoms with Crippen LogP contribution in [-0.4, -0.2) is 76.0 Å². The zero-order valence-corrected chi connectivity index (χ0v) is 24.5. The summed E-state index contributed by atoms with van der Waals surface area (Å²) in [7, 11) is 0. The molecule has 0 radical (unpaired) electrons. The maximum absolute atomic E-state index is 13.5. The Balaban J connectivity index is 1.39. The fourth-order valence-corrected chi connectivity index (χ4v) is 8.76. The lowest BCUT2D eigenvalue weighted by Crippen LogP contribution is -2.63. The number of Topliss-reactive ketones (excluding diaryl/α,β-unsaturated/α-hetero) is 1. The molecule has 0 amide bonds. The highest BCUT2D eigenvalue weighted by atomic mass is 32.2. The predicted molar refractivity (Wildman–Crippen MR) is 150 cm³/mol. The van der Waals surface area contributed by atoms with E-state index in [-0.39, 0.29) is 40.7 Å². The molecule has 8 atom stereocenters. The molecule has 2 heterocycles. The highest BCUT2D eigenvalue weighted by Crippen LogP contribution is 2.68. The van der Waals surface area contributed by atoms with Crippen molar-refractivity contribution >= 4 is 29.5 Å². The molecule has 2 bridgehead atoms. The van der Waals surface area contributed by atoms with Crippen molar-refractivity contribution in [1.29, 1.82) is 0 Å². The van der Waals surface area contributed by atoms with Crippen molar-refractivity contribution in [3.63, 3.8) is 0 Å². The normalized spacial score (nSPS) is 40.4. The lowest BCUT2D eigenvalue weighted by molar-refractivity contribution is -0.205. The molecule has 1 aromatic heterocycles. The number of aliphatic hydroxyl groups is 1. The molecule has 3 saturated carbocycles. The van der Waals surface area contributed by atoms with Crippen LogP contribution in [0, 0.1) is 34.0 Å². The number of hydrogen-bond acceptors (Lipinski definition) is 10. The number of piperazine rings is 1. The van der Waals surface area contributed by atoms with Gasteiger partial charge in [-0.2, -0.15) is 4.98 Å². The van der Waals surface area contributed by atoms with Crippen LogP contribution in [0.5, 0.6) is 0 Å². The maximum atomic E-state index is 13.5. The first kappa shape index (κ1) is 28.5. The third kappa shape index (κ3) is 4.80. The smallest absolute Gasteiger partial charge is 0.316 e. The first-order valence-electron chi connectivity index (χ1n) is 14.4. The van der Waals surface area contributed by atoms with Crippen LogP contribution in [0.3, 0.4) is 0 Å². The first-order valence-corrected chi connectivity index (χ1v) is 15.3. The fraction of sp³-hybridized carbons (Fsp3) is 0.759. The summed E-state index contributed by atoms with van der Waals surface area (Å²) in [5, 5.41) is 15.5. The number of carbonyl (C=O) groups excluding carboxylic acids is 2. The Bertz CT molecular complexity index is 1110. The molecular formula is C29H43N5O4S. The van der Waals surface area contributed by atoms with Crippen LogP contribution in [-0.2, 0) is 14.3 Å². The summed E-state index contributed by atoms with van der Waals surface area (Å²) in [6.45, 7) is 16.0. The molecule has 4 aliphatic rings. The summed E-state index contributed by atoms with van der Waals surface area (Å²) in [5.74, 6) is 0.481. The second-order valence-corrected chi connectivity index (χ2v) is 13.6. The molecule has 9 nitrogen and oxygen atoms in total. The van der Waals surface area contributed by atoms with Crippen molar-refractivity contribution in [1.82, 2.24) is 20.3 Å². The SMILES string of the molecule is C=C[C@]1(C)C[C@@H](OC(=O)CSc2ncnc(N3CCNCC3)n2)[C@]2(C)[C@H](C)CC[C@]3(CCC(=O)[C@H]32)[C@@H](C)[C@@H]1O. The number of nitrogens with zero attached hydrogens (tertiary/aromatic N) is 4. The van der Waals surface area contributed by atoms with Crippen LogP contribution in [0.1, 0.15) is 59.8 Å². The minimum absolute atomic E-state index is 0.0512. The zero-order chi connectivity index (χ0) is 28.0. The molecule has 0 aromatic carbocycles. The zero-order valence-electron chi connectivity index (χ0n) is 23.7. The molecule has 1 aliphatic heterocycles. The average molecular weight is 558 g/mol. The standard InChI is InChI=1S/C29H43N5O4S/c1-6-27(4)15-21(28(5)18(2)7-9-29(19(3)24(27)37)10-8-20(35)23(28)29)38-22(36)16-39-26-32-17-31-25(33-26)34-13-11-30-12-14-34/h6,17-19,21,23-24,30,37H,1,7-16H2,2-5H3/t18-,19+,21-,23+,24+,27-,28+,29+/m1/s1. The first-order chi connectivity index (χ1) is 18.5. The quantitative estimate of drug-likeness (QED) is 0.307. The molecule has 1 aromatic rings. The van der Waals surface area contributed by atoms with Crippen LogP contribution in [0.2, 0.25) is 0 Å². The molecule has 0 spiro atoms. The van der Waals surface area contributed by atoms with Crippen molar-refractivity contribution in [3.05, 3.63) is 19.0 Å². The number of rotatable bonds is 6. The molecule has 1 saturated heterocycles. The van der Waals surface area contributed by atoms with Gasteiger partial charge in [-0.05, 0) is 42.9 Å². The number of aliphatic hydroxyl groups excluding tert-OH is 1. The molecule has 39 heavy (non-hydrogen) atoms. The van der Waals surface area contributed by atoms with Gasteiger partial charge in [0.15, 0.2) is 5.16 Å². The van der Waals surface area contributed by atoms with E-state index in [0.717, 1.165) is 45.4 Å². The van der Waals surface area contributed by atoms with Gasteiger partial charge in [0.2, 0.25) is 5.95 Å². The Labute approximate surface area is 236 Å². The number of ether oxygens (including phenoxy) is 1. The second-order valence-electron chi connectivity index (χ2n) is 12.7. The third-order valence-electron chi connectivity index (χ3n) is 10.8. The van der Waals surface area contributed by atoms with Gasteiger partial charge in [-0.3, -0.25) is 9.59 Å². The second kappa shape index (κ2) is 10.7. The van der Waals surface area contributed by atoms with Gasteiger partial charge in [-0.1, -0.05) is 45.5 Å². The van der Waals surface area contributed by atoms with E-state index in [9.17, 15) is 14.7 Å². The molecule has 2 N–H and O–H groups in total. The number of hydrogen-bond donors (Lipinski definition) is 2. The average Bonchev–Trinajstić information content (AvgIpc) is 3.31. The van der Waals surface area contributed by atoms with E-state index in [1.165, 1.54) is 18.1 Å². The van der Waals surface area contributed by atoms with E-state index in [1.54, 1.807) is 0 Å². The summed E-state index contributed by atoms with van der Waals surface area (Å²) < 4.78 is 6.33. The van der Waals surface area contributed by atoms with Crippen LogP contribution >= 0.6 is 11.8 Å². The number of esters is 1. The monoisotopic (exact) mass is 557 g/mol. The number of aromatic nitrogens is 3. The van der Waals surface area contributed by atoms with Gasteiger partial charge in [0, 0.05) is 49.3 Å². The Kier molecular flexibility index (Phi) is 7.85. The Morgan fingerprint density at radius 2 is 2.03 bits per heavy atom. The third-order valence-corrected chi connectivity index (χ3v) is 11.7. The van der Waals surface area contributed by atoms with Crippen LogP contribution in [0.4, 0.5) is 5.95 Å². The van der Waals surface area contributed by atoms with Gasteiger partial charge in [0.25, 0.3) is 0 Å². The number of thioether (sulfide) groups is 1. The van der Waals surface area contributed by atoms with Gasteiger partial charge in [0.05, 0.1) is 11.9 Å². The van der Waals surface area contributed by atoms with E-state index in [0.29, 0.717) is 23.9 Å². The molecule has 3 aliphatic carbocycles. The lowest BCUT2D eigenvalue weighted by Gasteiger charge is -2.61. The molecule has 214 valence electrons. The van der Waals surface area contributed by atoms with Crippen molar-refractivity contribution in [3.8, 4) is 0 Å². The maximum Gasteiger partial charge on any atom is 0.316 e. The lowest BCUT2D eigenvalue weighted by atomic mass is 9.44. The molecule has 10 heteroatoms. The van der Waals surface area contributed by atoms with Crippen LogP contribution < -0.4 is 10.2 Å². The number of ketones is 1. The van der Waals surface area contributed by atoms with Gasteiger partial charge in [0.1, 0.15) is 18.2 Å². The summed E-state index contributed by atoms with van der Waals surface area (Å²) in [5.41, 5.74) is -1.45. The van der Waals surface area contributed by atoms with Gasteiger partial charge >= 0.3 is 5.97 Å². The van der Waals surface area contributed by atoms with Gasteiger partial charge < -0.3 is 20.1 Å². The van der Waals surface area contributed by atoms with Crippen molar-refractivity contribution in [2.75, 3.05) is 36.8 Å². The molecular weight excluding hydrogens is 514 g/mol. The van der Waals surface area contributed by atoms with Crippen LogP contribution in [0.25, 0.3) is 0 Å². The van der Waals surface area contributed by atoms with E-state index >= 15 is 0 Å². The van der Waals surface area contributed by atoms with Gasteiger partial charge in [-0.15, -0.1) is 6.58 Å². The summed E-state index contributed by atoms with van der Waals surface area (Å²) in [6, 6.07) is 0. The van der Waals surface area contributed by atoms with E-state index < -0.39 is 23.0 Å². The topological polar surface area (TPSA) is 118 Å². The van der Waals surface area contributed by atoms with E-state index in [4.69, 9.17) is 4.74 Å². The fourth-order valence-electron chi connectivity index (χ4n) is 8.18. The highest BCUT2D eigenvalue weighted by molar-refractivity contribution is 7.99. The molecule has 0 unspecified atom stereocenters. The number of anilines is 1. The van der Waals surface area contributed by atoms with Gasteiger partial charge in [-0.25, -0.2) is 9.97 Å². The van der Waals surface area contributed by atoms with Crippen molar-refractivity contribution < 1.29 is 19.4 Å². The summed E-state index contributed by atoms with van der Waals surface area (Å²) in [4.78, 5) is 42.2. The highest BCUT2D eigenvalue weighted by Gasteiger charge is 2.68.